The molecular formula is C23H38N4O3. The van der Waals surface area contributed by atoms with Crippen molar-refractivity contribution in [1.29, 1.82) is 0 Å². The van der Waals surface area contributed by atoms with Crippen molar-refractivity contribution in [3.05, 3.63) is 35.1 Å². The Labute approximate surface area is 180 Å². The summed E-state index contributed by atoms with van der Waals surface area (Å²) in [6.45, 7) is 16.6. The molecule has 0 aromatic heterocycles. The highest BCUT2D eigenvalue weighted by Gasteiger charge is 2.50. The highest BCUT2D eigenvalue weighted by molar-refractivity contribution is 5.76. The Hall–Kier alpha value is -1.83. The SMILES string of the molecule is C=C(C(CNC(=O)N1CC2(COC2)C1)=C(CC/C(C)=C\N)C(C)C)[C@@H]1COCCN1. The fourth-order valence-electron chi connectivity index (χ4n) is 4.39. The molecule has 7 heteroatoms. The third kappa shape index (κ3) is 5.25. The van der Waals surface area contributed by atoms with Crippen molar-refractivity contribution in [2.45, 2.75) is 39.7 Å². The van der Waals surface area contributed by atoms with Gasteiger partial charge in [-0.3, -0.25) is 0 Å². The third-order valence-corrected chi connectivity index (χ3v) is 6.46. The van der Waals surface area contributed by atoms with Crippen molar-refractivity contribution in [2.24, 2.45) is 17.1 Å². The summed E-state index contributed by atoms with van der Waals surface area (Å²) in [4.78, 5) is 14.6. The van der Waals surface area contributed by atoms with Gasteiger partial charge < -0.3 is 30.7 Å². The van der Waals surface area contributed by atoms with Gasteiger partial charge in [0, 0.05) is 26.2 Å². The second-order valence-electron chi connectivity index (χ2n) is 9.29. The van der Waals surface area contributed by atoms with Crippen LogP contribution in [-0.2, 0) is 9.47 Å². The minimum Gasteiger partial charge on any atom is -0.405 e. The lowest BCUT2D eigenvalue weighted by Crippen LogP contribution is -2.68. The van der Waals surface area contributed by atoms with E-state index >= 15 is 0 Å². The number of morpholine rings is 1. The molecule has 0 aromatic rings. The molecule has 0 aromatic carbocycles. The maximum Gasteiger partial charge on any atom is 0.317 e. The number of carbonyl (C=O) groups excluding carboxylic acids is 1. The molecule has 3 aliphatic rings. The Balaban J connectivity index is 1.71. The van der Waals surface area contributed by atoms with E-state index in [2.05, 4.69) is 38.0 Å². The van der Waals surface area contributed by atoms with Crippen LogP contribution in [0.15, 0.2) is 35.1 Å². The molecule has 3 aliphatic heterocycles. The lowest BCUT2D eigenvalue weighted by Gasteiger charge is -2.54. The predicted octanol–water partition coefficient (Wildman–Crippen LogP) is 2.17. The van der Waals surface area contributed by atoms with Gasteiger partial charge in [-0.2, -0.15) is 0 Å². The quantitative estimate of drug-likeness (QED) is 0.526. The van der Waals surface area contributed by atoms with Crippen LogP contribution in [0.4, 0.5) is 4.79 Å². The van der Waals surface area contributed by atoms with Crippen LogP contribution in [0.2, 0.25) is 0 Å². The van der Waals surface area contributed by atoms with E-state index < -0.39 is 0 Å². The highest BCUT2D eigenvalue weighted by atomic mass is 16.5. The standard InChI is InChI=1S/C23H38N4O3/c1-16(2)19(6-5-17(3)9-24)20(18(4)21-11-29-8-7-25-21)10-26-22(28)27-12-23(13-27)14-30-15-23/h9,16,21,25H,4-8,10-15,24H2,1-3H3,(H,26,28)/b17-9-,20-19?/t21-/m0/s1. The first-order chi connectivity index (χ1) is 14.3. The van der Waals surface area contributed by atoms with E-state index in [1.54, 1.807) is 6.20 Å². The van der Waals surface area contributed by atoms with Crippen LogP contribution in [0.1, 0.15) is 33.6 Å². The maximum atomic E-state index is 12.7. The minimum absolute atomic E-state index is 0.00757. The number of ether oxygens (including phenoxy) is 2. The van der Waals surface area contributed by atoms with E-state index in [1.807, 2.05) is 4.90 Å². The molecule has 0 saturated carbocycles. The lowest BCUT2D eigenvalue weighted by molar-refractivity contribution is -0.175. The number of nitrogens with one attached hydrogen (secondary N) is 2. The molecule has 3 rings (SSSR count). The number of urea groups is 1. The Morgan fingerprint density at radius 1 is 1.33 bits per heavy atom. The average Bonchev–Trinajstić information content (AvgIpc) is 2.67. The summed E-state index contributed by atoms with van der Waals surface area (Å²) in [5.41, 5.74) is 10.5. The molecule has 7 nitrogen and oxygen atoms in total. The molecule has 168 valence electrons. The normalized spacial score (nSPS) is 24.2. The Kier molecular flexibility index (Phi) is 7.60. The molecule has 30 heavy (non-hydrogen) atoms. The number of likely N-dealkylation sites (tertiary alicyclic amines) is 1. The minimum atomic E-state index is -0.00757. The van der Waals surface area contributed by atoms with Gasteiger partial charge in [0.2, 0.25) is 0 Å². The van der Waals surface area contributed by atoms with E-state index in [1.165, 1.54) is 5.57 Å². The summed E-state index contributed by atoms with van der Waals surface area (Å²) < 4.78 is 11.0. The monoisotopic (exact) mass is 418 g/mol. The number of allylic oxidation sites excluding steroid dienone is 2. The molecule has 4 N–H and O–H groups in total. The van der Waals surface area contributed by atoms with Gasteiger partial charge >= 0.3 is 6.03 Å². The molecule has 0 bridgehead atoms. The van der Waals surface area contributed by atoms with Crippen LogP contribution in [-0.4, -0.2) is 69.6 Å². The molecule has 3 saturated heterocycles. The van der Waals surface area contributed by atoms with Gasteiger partial charge in [0.25, 0.3) is 0 Å². The molecule has 3 fully saturated rings. The number of rotatable bonds is 8. The van der Waals surface area contributed by atoms with Crippen molar-refractivity contribution in [2.75, 3.05) is 52.6 Å². The van der Waals surface area contributed by atoms with Gasteiger partial charge in [-0.1, -0.05) is 31.6 Å². The van der Waals surface area contributed by atoms with Crippen LogP contribution in [0.3, 0.4) is 0 Å². The number of carbonyl (C=O) groups is 1. The highest BCUT2D eigenvalue weighted by Crippen LogP contribution is 2.37. The lowest BCUT2D eigenvalue weighted by atomic mass is 9.78. The summed E-state index contributed by atoms with van der Waals surface area (Å²) in [5.74, 6) is 0.350. The van der Waals surface area contributed by atoms with Gasteiger partial charge in [-0.25, -0.2) is 4.79 Å². The predicted molar refractivity (Wildman–Crippen MR) is 119 cm³/mol. The van der Waals surface area contributed by atoms with Gasteiger partial charge in [0.15, 0.2) is 0 Å². The fraction of sp³-hybridized carbons (Fsp3) is 0.696. The molecule has 3 heterocycles. The zero-order valence-corrected chi connectivity index (χ0v) is 18.8. The van der Waals surface area contributed by atoms with E-state index in [4.69, 9.17) is 15.2 Å². The first-order valence-corrected chi connectivity index (χ1v) is 11.1. The van der Waals surface area contributed by atoms with Crippen molar-refractivity contribution in [3.63, 3.8) is 0 Å². The molecular weight excluding hydrogens is 380 g/mol. The topological polar surface area (TPSA) is 88.9 Å². The van der Waals surface area contributed by atoms with Crippen molar-refractivity contribution < 1.29 is 14.3 Å². The number of nitrogens with zero attached hydrogens (tertiary/aromatic N) is 1. The van der Waals surface area contributed by atoms with Crippen LogP contribution in [0.5, 0.6) is 0 Å². The Bertz CT molecular complexity index is 695. The van der Waals surface area contributed by atoms with Crippen molar-refractivity contribution >= 4 is 6.03 Å². The largest absolute Gasteiger partial charge is 0.405 e. The summed E-state index contributed by atoms with van der Waals surface area (Å²) in [5, 5.41) is 6.65. The first-order valence-electron chi connectivity index (χ1n) is 11.1. The van der Waals surface area contributed by atoms with Gasteiger partial charge in [0.1, 0.15) is 0 Å². The zero-order valence-electron chi connectivity index (χ0n) is 18.8. The van der Waals surface area contributed by atoms with Gasteiger partial charge in [0.05, 0.1) is 37.9 Å². The van der Waals surface area contributed by atoms with E-state index in [-0.39, 0.29) is 17.5 Å². The number of hydrogen-bond donors (Lipinski definition) is 3. The van der Waals surface area contributed by atoms with E-state index in [0.717, 1.165) is 69.0 Å². The first kappa shape index (κ1) is 22.8. The fourth-order valence-corrected chi connectivity index (χ4v) is 4.39. The Morgan fingerprint density at radius 3 is 2.60 bits per heavy atom. The summed E-state index contributed by atoms with van der Waals surface area (Å²) in [6.07, 6.45) is 3.48. The van der Waals surface area contributed by atoms with Crippen molar-refractivity contribution in [1.82, 2.24) is 15.5 Å². The van der Waals surface area contributed by atoms with E-state index in [9.17, 15) is 4.79 Å². The summed E-state index contributed by atoms with van der Waals surface area (Å²) in [6, 6.07) is 0.0665. The molecule has 1 spiro atoms. The van der Waals surface area contributed by atoms with Crippen LogP contribution >= 0.6 is 0 Å². The third-order valence-electron chi connectivity index (χ3n) is 6.46. The molecule has 0 unspecified atom stereocenters. The van der Waals surface area contributed by atoms with Crippen LogP contribution < -0.4 is 16.4 Å². The molecule has 1 atom stereocenters. The second-order valence-corrected chi connectivity index (χ2v) is 9.29. The number of nitrogens with two attached hydrogens (primary N) is 1. The van der Waals surface area contributed by atoms with Gasteiger partial charge in [-0.15, -0.1) is 0 Å². The molecule has 0 radical (unpaired) electrons. The maximum absolute atomic E-state index is 12.7. The number of amides is 2. The summed E-state index contributed by atoms with van der Waals surface area (Å²) in [7, 11) is 0. The number of hydrogen-bond acceptors (Lipinski definition) is 5. The zero-order chi connectivity index (χ0) is 21.7. The average molecular weight is 419 g/mol. The van der Waals surface area contributed by atoms with Crippen molar-refractivity contribution in [3.8, 4) is 0 Å². The van der Waals surface area contributed by atoms with Gasteiger partial charge in [-0.05, 0) is 43.0 Å². The Morgan fingerprint density at radius 2 is 2.07 bits per heavy atom. The summed E-state index contributed by atoms with van der Waals surface area (Å²) >= 11 is 0. The van der Waals surface area contributed by atoms with Crippen LogP contribution in [0.25, 0.3) is 0 Å². The molecule has 2 amide bonds. The second kappa shape index (κ2) is 9.98. The smallest absolute Gasteiger partial charge is 0.317 e. The molecule has 0 aliphatic carbocycles. The van der Waals surface area contributed by atoms with Crippen LogP contribution in [0, 0.1) is 11.3 Å². The van der Waals surface area contributed by atoms with E-state index in [0.29, 0.717) is 19.1 Å².